The number of benzene rings is 12. The zero-order valence-electron chi connectivity index (χ0n) is 38.8. The van der Waals surface area contributed by atoms with E-state index in [2.05, 4.69) is 277 Å². The van der Waals surface area contributed by atoms with Crippen molar-refractivity contribution in [2.24, 2.45) is 0 Å². The SMILES string of the molecule is c1ccc(-c2ccc(N(c3ccc(-c4ccccc4)cc3)c3ccc4c(c3)C3(c5ccccc5-c5ccccc53)c3cc(N5c6ccc7ccccc7c6-c6cccc7cccc5c67)ccc3-4)cc2)cc1. The summed E-state index contributed by atoms with van der Waals surface area (Å²) in [6.45, 7) is 0. The molecule has 0 atom stereocenters. The lowest BCUT2D eigenvalue weighted by Crippen LogP contribution is -2.26. The monoisotopic (exact) mass is 900 g/mol. The fraction of sp³-hybridized carbons (Fsp3) is 0.0145. The van der Waals surface area contributed by atoms with Gasteiger partial charge in [-0.3, -0.25) is 0 Å². The Hall–Kier alpha value is -9.24. The predicted molar refractivity (Wildman–Crippen MR) is 297 cm³/mol. The standard InChI is InChI=1S/C69H44N2/c1-3-15-45(16-4-1)47-29-34-51(35-30-47)70(52-36-31-48(32-37-52)46-17-5-2-6-18-46)53-38-40-58-59-41-39-54(44-64(59)69(63(58)43-53)61-26-11-9-23-56(61)57-24-10-12-27-62(57)69)71-65-28-14-21-50-20-13-25-60(67(50)65)68-55-22-8-7-19-49(55)33-42-66(68)71/h1-44H. The summed E-state index contributed by atoms with van der Waals surface area (Å²) >= 11 is 0. The molecular weight excluding hydrogens is 857 g/mol. The second-order valence-corrected chi connectivity index (χ2v) is 19.2. The van der Waals surface area contributed by atoms with Crippen LogP contribution in [0.15, 0.2) is 267 Å². The lowest BCUT2D eigenvalue weighted by molar-refractivity contribution is 0.793. The predicted octanol–water partition coefficient (Wildman–Crippen LogP) is 18.6. The molecule has 12 aromatic rings. The van der Waals surface area contributed by atoms with Crippen molar-refractivity contribution in [2.75, 3.05) is 9.80 Å². The van der Waals surface area contributed by atoms with Crippen LogP contribution in [0.2, 0.25) is 0 Å². The summed E-state index contributed by atoms with van der Waals surface area (Å²) < 4.78 is 0. The summed E-state index contributed by atoms with van der Waals surface area (Å²) in [5.74, 6) is 0. The van der Waals surface area contributed by atoms with Crippen molar-refractivity contribution in [2.45, 2.75) is 5.41 Å². The maximum atomic E-state index is 2.53. The minimum atomic E-state index is -0.588. The zero-order chi connectivity index (χ0) is 46.6. The average Bonchev–Trinajstić information content (AvgIpc) is 3.91. The topological polar surface area (TPSA) is 6.48 Å². The Bertz CT molecular complexity index is 3960. The summed E-state index contributed by atoms with van der Waals surface area (Å²) in [7, 11) is 0. The molecule has 0 radical (unpaired) electrons. The first-order valence-electron chi connectivity index (χ1n) is 24.7. The van der Waals surface area contributed by atoms with Gasteiger partial charge in [0.2, 0.25) is 0 Å². The molecule has 0 amide bonds. The fourth-order valence-corrected chi connectivity index (χ4v) is 12.6. The summed E-state index contributed by atoms with van der Waals surface area (Å²) in [4.78, 5) is 4.97. The molecule has 0 saturated carbocycles. The highest BCUT2D eigenvalue weighted by Gasteiger charge is 2.52. The molecule has 0 unspecified atom stereocenters. The smallest absolute Gasteiger partial charge is 0.0727 e. The first kappa shape index (κ1) is 39.7. The van der Waals surface area contributed by atoms with Gasteiger partial charge >= 0.3 is 0 Å². The average molecular weight is 901 g/mol. The van der Waals surface area contributed by atoms with E-state index in [4.69, 9.17) is 0 Å². The molecule has 12 aromatic carbocycles. The molecule has 1 heterocycles. The highest BCUT2D eigenvalue weighted by atomic mass is 15.2. The van der Waals surface area contributed by atoms with Crippen LogP contribution in [-0.4, -0.2) is 0 Å². The van der Waals surface area contributed by atoms with Gasteiger partial charge in [-0.15, -0.1) is 0 Å². The van der Waals surface area contributed by atoms with Crippen molar-refractivity contribution >= 4 is 55.7 Å². The van der Waals surface area contributed by atoms with Crippen LogP contribution in [0.4, 0.5) is 34.1 Å². The Labute approximate surface area is 413 Å². The van der Waals surface area contributed by atoms with Crippen LogP contribution in [0.3, 0.4) is 0 Å². The molecule has 3 aliphatic rings. The zero-order valence-corrected chi connectivity index (χ0v) is 38.8. The maximum absolute atomic E-state index is 2.53. The Kier molecular flexibility index (Phi) is 8.61. The molecule has 1 spiro atoms. The first-order chi connectivity index (χ1) is 35.2. The van der Waals surface area contributed by atoms with Gasteiger partial charge in [-0.2, -0.15) is 0 Å². The van der Waals surface area contributed by atoms with E-state index >= 15 is 0 Å². The van der Waals surface area contributed by atoms with Crippen LogP contribution in [0.25, 0.3) is 77.2 Å². The number of rotatable bonds is 6. The van der Waals surface area contributed by atoms with Crippen LogP contribution in [0, 0.1) is 0 Å². The molecule has 0 N–H and O–H groups in total. The molecule has 2 nitrogen and oxygen atoms in total. The Morgan fingerprint density at radius 1 is 0.296 bits per heavy atom. The van der Waals surface area contributed by atoms with Gasteiger partial charge in [0.25, 0.3) is 0 Å². The van der Waals surface area contributed by atoms with Gasteiger partial charge < -0.3 is 9.80 Å². The van der Waals surface area contributed by atoms with Gasteiger partial charge in [0.05, 0.1) is 16.8 Å². The van der Waals surface area contributed by atoms with Crippen molar-refractivity contribution in [3.05, 3.63) is 289 Å². The number of nitrogens with zero attached hydrogens (tertiary/aromatic N) is 2. The van der Waals surface area contributed by atoms with E-state index in [0.717, 1.165) is 22.7 Å². The normalized spacial score (nSPS) is 13.2. The quantitative estimate of drug-likeness (QED) is 0.164. The molecule has 0 aromatic heterocycles. The van der Waals surface area contributed by atoms with Crippen molar-refractivity contribution in [3.8, 4) is 55.6 Å². The molecular formula is C69H44N2. The van der Waals surface area contributed by atoms with E-state index in [0.29, 0.717) is 0 Å². The maximum Gasteiger partial charge on any atom is 0.0727 e. The Balaban J connectivity index is 0.960. The molecule has 330 valence electrons. The molecule has 71 heavy (non-hydrogen) atoms. The summed E-state index contributed by atoms with van der Waals surface area (Å²) in [6.07, 6.45) is 0. The lowest BCUT2D eigenvalue weighted by atomic mass is 9.70. The number of hydrogen-bond donors (Lipinski definition) is 0. The molecule has 2 aliphatic carbocycles. The number of hydrogen-bond acceptors (Lipinski definition) is 2. The molecule has 2 heteroatoms. The highest BCUT2D eigenvalue weighted by molar-refractivity contribution is 6.19. The molecule has 1 aliphatic heterocycles. The van der Waals surface area contributed by atoms with E-state index in [9.17, 15) is 0 Å². The summed E-state index contributed by atoms with van der Waals surface area (Å²) in [5.41, 5.74) is 24.0. The second-order valence-electron chi connectivity index (χ2n) is 19.2. The Morgan fingerprint density at radius 3 is 1.45 bits per heavy atom. The van der Waals surface area contributed by atoms with Crippen LogP contribution >= 0.6 is 0 Å². The van der Waals surface area contributed by atoms with Gasteiger partial charge in [0.15, 0.2) is 0 Å². The van der Waals surface area contributed by atoms with Crippen molar-refractivity contribution in [1.82, 2.24) is 0 Å². The van der Waals surface area contributed by atoms with Gasteiger partial charge in [-0.25, -0.2) is 0 Å². The van der Waals surface area contributed by atoms with Crippen molar-refractivity contribution < 1.29 is 0 Å². The van der Waals surface area contributed by atoms with E-state index < -0.39 is 5.41 Å². The van der Waals surface area contributed by atoms with E-state index in [1.165, 1.54) is 111 Å². The van der Waals surface area contributed by atoms with Crippen molar-refractivity contribution in [1.29, 1.82) is 0 Å². The van der Waals surface area contributed by atoms with E-state index in [-0.39, 0.29) is 0 Å². The van der Waals surface area contributed by atoms with Crippen LogP contribution in [-0.2, 0) is 5.41 Å². The third kappa shape index (κ3) is 5.77. The minimum Gasteiger partial charge on any atom is -0.310 e. The molecule has 0 bridgehead atoms. The lowest BCUT2D eigenvalue weighted by Gasteiger charge is -2.36. The largest absolute Gasteiger partial charge is 0.310 e. The second kappa shape index (κ2) is 15.4. The van der Waals surface area contributed by atoms with Gasteiger partial charge in [-0.1, -0.05) is 206 Å². The summed E-state index contributed by atoms with van der Waals surface area (Å²) in [6, 6.07) is 99.3. The van der Waals surface area contributed by atoms with Crippen LogP contribution in [0.5, 0.6) is 0 Å². The van der Waals surface area contributed by atoms with Gasteiger partial charge in [0.1, 0.15) is 0 Å². The van der Waals surface area contributed by atoms with Crippen LogP contribution < -0.4 is 9.80 Å². The van der Waals surface area contributed by atoms with Gasteiger partial charge in [-0.05, 0) is 149 Å². The fourth-order valence-electron chi connectivity index (χ4n) is 12.6. The van der Waals surface area contributed by atoms with Gasteiger partial charge in [0, 0.05) is 33.7 Å². The van der Waals surface area contributed by atoms with E-state index in [1.807, 2.05) is 0 Å². The molecule has 15 rings (SSSR count). The number of anilines is 6. The third-order valence-corrected chi connectivity index (χ3v) is 15.6. The third-order valence-electron chi connectivity index (χ3n) is 15.6. The Morgan fingerprint density at radius 2 is 0.789 bits per heavy atom. The molecule has 0 saturated heterocycles. The first-order valence-corrected chi connectivity index (χ1v) is 24.7. The highest BCUT2D eigenvalue weighted by Crippen LogP contribution is 2.64. The molecule has 0 fully saturated rings. The van der Waals surface area contributed by atoms with Crippen LogP contribution in [0.1, 0.15) is 22.3 Å². The van der Waals surface area contributed by atoms with E-state index in [1.54, 1.807) is 0 Å². The van der Waals surface area contributed by atoms with Crippen molar-refractivity contribution in [3.63, 3.8) is 0 Å². The minimum absolute atomic E-state index is 0.588. The summed E-state index contributed by atoms with van der Waals surface area (Å²) in [5, 5.41) is 5.04. The number of fused-ring (bicyclic) bond motifs is 14.